The number of hydrogen-bond acceptors (Lipinski definition) is 2. The van der Waals surface area contributed by atoms with E-state index in [9.17, 15) is 4.79 Å². The van der Waals surface area contributed by atoms with Crippen molar-refractivity contribution in [2.24, 2.45) is 0 Å². The normalized spacial score (nSPS) is 11.9. The van der Waals surface area contributed by atoms with E-state index in [1.165, 1.54) is 0 Å². The second-order valence-electron chi connectivity index (χ2n) is 4.32. The maximum absolute atomic E-state index is 12.1. The smallest absolute Gasteiger partial charge is 0.252 e. The Labute approximate surface area is 123 Å². The fraction of sp³-hybridized carbons (Fsp3) is 0.188. The van der Waals surface area contributed by atoms with E-state index >= 15 is 0 Å². The largest absolute Gasteiger partial charge is 0.375 e. The minimum Gasteiger partial charge on any atom is -0.375 e. The molecule has 0 spiro atoms. The van der Waals surface area contributed by atoms with Crippen LogP contribution in [0.15, 0.2) is 54.6 Å². The molecule has 0 bridgehead atoms. The standard InChI is InChI=1S/C16H16ClNO2/c1-20-15(12-7-3-2-4-8-12)11-18-16(19)13-9-5-6-10-14(13)17/h2-10,15H,11H2,1H3,(H,18,19). The molecule has 2 aromatic carbocycles. The molecule has 0 aliphatic heterocycles. The summed E-state index contributed by atoms with van der Waals surface area (Å²) in [5.41, 5.74) is 1.49. The second kappa shape index (κ2) is 7.08. The lowest BCUT2D eigenvalue weighted by atomic mass is 10.1. The van der Waals surface area contributed by atoms with Crippen molar-refractivity contribution in [2.45, 2.75) is 6.10 Å². The van der Waals surface area contributed by atoms with Gasteiger partial charge in [-0.25, -0.2) is 0 Å². The van der Waals surface area contributed by atoms with E-state index in [1.807, 2.05) is 30.3 Å². The molecule has 0 heterocycles. The predicted octanol–water partition coefficient (Wildman–Crippen LogP) is 3.46. The van der Waals surface area contributed by atoms with Crippen molar-refractivity contribution >= 4 is 17.5 Å². The molecular weight excluding hydrogens is 274 g/mol. The van der Waals surface area contributed by atoms with Crippen LogP contribution in [0.1, 0.15) is 22.0 Å². The van der Waals surface area contributed by atoms with Crippen LogP contribution in [0.25, 0.3) is 0 Å². The molecule has 0 aliphatic carbocycles. The topological polar surface area (TPSA) is 38.3 Å². The number of hydrogen-bond donors (Lipinski definition) is 1. The molecule has 0 saturated carbocycles. The minimum absolute atomic E-state index is 0.178. The number of benzene rings is 2. The lowest BCUT2D eigenvalue weighted by Crippen LogP contribution is -2.29. The average Bonchev–Trinajstić information content (AvgIpc) is 2.49. The van der Waals surface area contributed by atoms with Crippen molar-refractivity contribution in [2.75, 3.05) is 13.7 Å². The van der Waals surface area contributed by atoms with Gasteiger partial charge in [0.1, 0.15) is 0 Å². The number of halogens is 1. The average molecular weight is 290 g/mol. The van der Waals surface area contributed by atoms with Gasteiger partial charge in [-0.05, 0) is 17.7 Å². The molecule has 2 rings (SSSR count). The summed E-state index contributed by atoms with van der Waals surface area (Å²) in [6.45, 7) is 0.393. The molecule has 1 unspecified atom stereocenters. The van der Waals surface area contributed by atoms with Gasteiger partial charge in [0, 0.05) is 13.7 Å². The van der Waals surface area contributed by atoms with Gasteiger partial charge in [-0.3, -0.25) is 4.79 Å². The van der Waals surface area contributed by atoms with Gasteiger partial charge in [-0.1, -0.05) is 54.1 Å². The Kier molecular flexibility index (Phi) is 5.16. The molecule has 0 fully saturated rings. The molecule has 1 atom stereocenters. The van der Waals surface area contributed by atoms with E-state index in [0.29, 0.717) is 17.1 Å². The van der Waals surface area contributed by atoms with E-state index in [1.54, 1.807) is 31.4 Å². The van der Waals surface area contributed by atoms with Crippen LogP contribution < -0.4 is 5.32 Å². The Morgan fingerprint density at radius 3 is 2.45 bits per heavy atom. The first-order chi connectivity index (χ1) is 9.72. The number of carbonyl (C=O) groups is 1. The zero-order chi connectivity index (χ0) is 14.4. The van der Waals surface area contributed by atoms with Gasteiger partial charge >= 0.3 is 0 Å². The van der Waals surface area contributed by atoms with E-state index in [4.69, 9.17) is 16.3 Å². The highest BCUT2D eigenvalue weighted by atomic mass is 35.5. The molecule has 4 heteroatoms. The first-order valence-corrected chi connectivity index (χ1v) is 6.70. The Bertz CT molecular complexity index is 572. The number of rotatable bonds is 5. The first kappa shape index (κ1) is 14.6. The van der Waals surface area contributed by atoms with Crippen molar-refractivity contribution in [3.05, 3.63) is 70.7 Å². The number of carbonyl (C=O) groups excluding carboxylic acids is 1. The summed E-state index contributed by atoms with van der Waals surface area (Å²) >= 11 is 5.99. The lowest BCUT2D eigenvalue weighted by molar-refractivity contribution is 0.0828. The molecule has 0 aromatic heterocycles. The van der Waals surface area contributed by atoms with Gasteiger partial charge < -0.3 is 10.1 Å². The van der Waals surface area contributed by atoms with Crippen LogP contribution in [0.3, 0.4) is 0 Å². The van der Waals surface area contributed by atoms with E-state index in [2.05, 4.69) is 5.32 Å². The number of ether oxygens (including phenoxy) is 1. The van der Waals surface area contributed by atoms with Gasteiger partial charge in [0.05, 0.1) is 16.7 Å². The maximum atomic E-state index is 12.1. The summed E-state index contributed by atoms with van der Waals surface area (Å²) in [5, 5.41) is 3.28. The Hall–Kier alpha value is -1.84. The third kappa shape index (κ3) is 3.59. The van der Waals surface area contributed by atoms with Crippen molar-refractivity contribution in [3.8, 4) is 0 Å². The van der Waals surface area contributed by atoms with E-state index in [-0.39, 0.29) is 12.0 Å². The molecule has 3 nitrogen and oxygen atoms in total. The molecule has 2 aromatic rings. The number of methoxy groups -OCH3 is 1. The first-order valence-electron chi connectivity index (χ1n) is 6.33. The second-order valence-corrected chi connectivity index (χ2v) is 4.73. The highest BCUT2D eigenvalue weighted by molar-refractivity contribution is 6.33. The summed E-state index contributed by atoms with van der Waals surface area (Å²) < 4.78 is 5.41. The summed E-state index contributed by atoms with van der Waals surface area (Å²) in [6.07, 6.45) is -0.178. The monoisotopic (exact) mass is 289 g/mol. The van der Waals surface area contributed by atoms with Crippen molar-refractivity contribution in [1.82, 2.24) is 5.32 Å². The van der Waals surface area contributed by atoms with Gasteiger partial charge in [0.2, 0.25) is 0 Å². The van der Waals surface area contributed by atoms with Gasteiger partial charge in [-0.2, -0.15) is 0 Å². The van der Waals surface area contributed by atoms with Crippen LogP contribution in [0.2, 0.25) is 5.02 Å². The molecular formula is C16H16ClNO2. The van der Waals surface area contributed by atoms with E-state index in [0.717, 1.165) is 5.56 Å². The van der Waals surface area contributed by atoms with Crippen LogP contribution in [0.5, 0.6) is 0 Å². The summed E-state index contributed by atoms with van der Waals surface area (Å²) in [4.78, 5) is 12.1. The zero-order valence-electron chi connectivity index (χ0n) is 11.2. The Balaban J connectivity index is 2.01. The van der Waals surface area contributed by atoms with Crippen LogP contribution in [0, 0.1) is 0 Å². The van der Waals surface area contributed by atoms with Crippen LogP contribution in [-0.2, 0) is 4.74 Å². The van der Waals surface area contributed by atoms with Crippen LogP contribution in [0.4, 0.5) is 0 Å². The predicted molar refractivity (Wildman–Crippen MR) is 80.0 cm³/mol. The quantitative estimate of drug-likeness (QED) is 0.915. The maximum Gasteiger partial charge on any atom is 0.252 e. The summed E-state index contributed by atoms with van der Waals surface area (Å²) in [7, 11) is 1.62. The highest BCUT2D eigenvalue weighted by Gasteiger charge is 2.14. The minimum atomic E-state index is -0.200. The van der Waals surface area contributed by atoms with E-state index < -0.39 is 0 Å². The fourth-order valence-electron chi connectivity index (χ4n) is 1.93. The zero-order valence-corrected chi connectivity index (χ0v) is 11.9. The van der Waals surface area contributed by atoms with Gasteiger partial charge in [0.25, 0.3) is 5.91 Å². The van der Waals surface area contributed by atoms with Crippen molar-refractivity contribution in [3.63, 3.8) is 0 Å². The van der Waals surface area contributed by atoms with Gasteiger partial charge in [-0.15, -0.1) is 0 Å². The van der Waals surface area contributed by atoms with Crippen LogP contribution in [-0.4, -0.2) is 19.6 Å². The Morgan fingerprint density at radius 2 is 1.80 bits per heavy atom. The molecule has 1 amide bonds. The third-order valence-electron chi connectivity index (χ3n) is 3.02. The SMILES string of the molecule is COC(CNC(=O)c1ccccc1Cl)c1ccccc1. The number of amides is 1. The fourth-order valence-corrected chi connectivity index (χ4v) is 2.15. The molecule has 1 N–H and O–H groups in total. The highest BCUT2D eigenvalue weighted by Crippen LogP contribution is 2.17. The molecule has 20 heavy (non-hydrogen) atoms. The molecule has 104 valence electrons. The summed E-state index contributed by atoms with van der Waals surface area (Å²) in [6, 6.07) is 16.7. The summed E-state index contributed by atoms with van der Waals surface area (Å²) in [5.74, 6) is -0.200. The van der Waals surface area contributed by atoms with Gasteiger partial charge in [0.15, 0.2) is 0 Å². The lowest BCUT2D eigenvalue weighted by Gasteiger charge is -2.16. The Morgan fingerprint density at radius 1 is 1.15 bits per heavy atom. The molecule has 0 saturated heterocycles. The molecule has 0 radical (unpaired) electrons. The van der Waals surface area contributed by atoms with Crippen LogP contribution >= 0.6 is 11.6 Å². The number of nitrogens with one attached hydrogen (secondary N) is 1. The third-order valence-corrected chi connectivity index (χ3v) is 3.35. The van der Waals surface area contributed by atoms with Crippen molar-refractivity contribution in [1.29, 1.82) is 0 Å². The van der Waals surface area contributed by atoms with Crippen molar-refractivity contribution < 1.29 is 9.53 Å². The molecule has 0 aliphatic rings.